The topological polar surface area (TPSA) is 67.4 Å². The number of nitrogens with zero attached hydrogens (tertiary/aromatic N) is 2. The van der Waals surface area contributed by atoms with Crippen LogP contribution in [-0.2, 0) is 0 Å². The molecular weight excluding hydrogens is 459 g/mol. The van der Waals surface area contributed by atoms with Gasteiger partial charge in [-0.25, -0.2) is 0 Å². The van der Waals surface area contributed by atoms with E-state index >= 15 is 0 Å². The van der Waals surface area contributed by atoms with Gasteiger partial charge in [-0.05, 0) is 31.9 Å². The van der Waals surface area contributed by atoms with Crippen molar-refractivity contribution >= 4 is 29.9 Å². The second-order valence-electron chi connectivity index (χ2n) is 7.14. The number of guanidine groups is 1. The number of likely N-dealkylation sites (tertiary alicyclic amines) is 1. The Morgan fingerprint density at radius 1 is 1.30 bits per heavy atom. The SMILES string of the molecule is CN=C(NCCOc1ccc2c(c1)OCO2)NC1CN(C(C)C)CC1C.I. The lowest BCUT2D eigenvalue weighted by Gasteiger charge is -2.22. The van der Waals surface area contributed by atoms with E-state index in [1.807, 2.05) is 18.2 Å². The van der Waals surface area contributed by atoms with E-state index in [1.165, 1.54) is 0 Å². The molecule has 0 aromatic heterocycles. The quantitative estimate of drug-likeness (QED) is 0.276. The number of hydrogen-bond acceptors (Lipinski definition) is 5. The Balaban J connectivity index is 0.00000261. The Kier molecular flexibility index (Phi) is 8.28. The highest BCUT2D eigenvalue weighted by Crippen LogP contribution is 2.34. The predicted octanol–water partition coefficient (Wildman–Crippen LogP) is 2.31. The first-order chi connectivity index (χ1) is 12.6. The molecular formula is C19H31IN4O3. The lowest BCUT2D eigenvalue weighted by molar-refractivity contribution is 0.173. The number of nitrogens with one attached hydrogen (secondary N) is 2. The molecule has 2 unspecified atom stereocenters. The molecule has 3 rings (SSSR count). The van der Waals surface area contributed by atoms with Crippen LogP contribution in [0.5, 0.6) is 17.2 Å². The minimum absolute atomic E-state index is 0. The van der Waals surface area contributed by atoms with Crippen molar-refractivity contribution in [2.24, 2.45) is 10.9 Å². The van der Waals surface area contributed by atoms with Crippen molar-refractivity contribution in [1.29, 1.82) is 0 Å². The van der Waals surface area contributed by atoms with Gasteiger partial charge in [0.05, 0.1) is 6.54 Å². The summed E-state index contributed by atoms with van der Waals surface area (Å²) in [4.78, 5) is 6.83. The Labute approximate surface area is 178 Å². The maximum Gasteiger partial charge on any atom is 0.231 e. The van der Waals surface area contributed by atoms with Crippen molar-refractivity contribution in [2.75, 3.05) is 40.1 Å². The fourth-order valence-corrected chi connectivity index (χ4v) is 3.29. The molecule has 2 atom stereocenters. The second-order valence-corrected chi connectivity index (χ2v) is 7.14. The molecule has 0 radical (unpaired) electrons. The van der Waals surface area contributed by atoms with E-state index < -0.39 is 0 Å². The molecule has 0 saturated carbocycles. The van der Waals surface area contributed by atoms with E-state index in [-0.39, 0.29) is 30.8 Å². The van der Waals surface area contributed by atoms with Crippen LogP contribution in [-0.4, -0.2) is 63.0 Å². The van der Waals surface area contributed by atoms with Crippen molar-refractivity contribution < 1.29 is 14.2 Å². The molecule has 7 nitrogen and oxygen atoms in total. The second kappa shape index (κ2) is 10.2. The lowest BCUT2D eigenvalue weighted by atomic mass is 10.1. The smallest absolute Gasteiger partial charge is 0.231 e. The molecule has 0 spiro atoms. The molecule has 2 N–H and O–H groups in total. The normalized spacial score (nSPS) is 21.9. The zero-order valence-corrected chi connectivity index (χ0v) is 18.9. The molecule has 2 aliphatic rings. The number of ether oxygens (including phenoxy) is 3. The van der Waals surface area contributed by atoms with Crippen LogP contribution in [0.15, 0.2) is 23.2 Å². The van der Waals surface area contributed by atoms with Crippen molar-refractivity contribution in [2.45, 2.75) is 32.9 Å². The van der Waals surface area contributed by atoms with Gasteiger partial charge in [0.15, 0.2) is 17.5 Å². The highest BCUT2D eigenvalue weighted by molar-refractivity contribution is 14.0. The van der Waals surface area contributed by atoms with Crippen molar-refractivity contribution in [1.82, 2.24) is 15.5 Å². The van der Waals surface area contributed by atoms with Crippen molar-refractivity contribution in [3.63, 3.8) is 0 Å². The Morgan fingerprint density at radius 2 is 2.07 bits per heavy atom. The third-order valence-electron chi connectivity index (χ3n) is 4.92. The number of benzene rings is 1. The van der Waals surface area contributed by atoms with E-state index in [2.05, 4.69) is 41.3 Å². The summed E-state index contributed by atoms with van der Waals surface area (Å²) >= 11 is 0. The minimum Gasteiger partial charge on any atom is -0.492 e. The molecule has 0 aliphatic carbocycles. The maximum absolute atomic E-state index is 5.78. The van der Waals surface area contributed by atoms with Crippen LogP contribution >= 0.6 is 24.0 Å². The van der Waals surface area contributed by atoms with Crippen LogP contribution in [0, 0.1) is 5.92 Å². The van der Waals surface area contributed by atoms with Crippen molar-refractivity contribution in [3.05, 3.63) is 18.2 Å². The van der Waals surface area contributed by atoms with Crippen LogP contribution in [0.3, 0.4) is 0 Å². The largest absolute Gasteiger partial charge is 0.492 e. The molecule has 8 heteroatoms. The summed E-state index contributed by atoms with van der Waals surface area (Å²) in [5, 5.41) is 6.86. The molecule has 2 aliphatic heterocycles. The zero-order valence-electron chi connectivity index (χ0n) is 16.5. The average molecular weight is 490 g/mol. The maximum atomic E-state index is 5.78. The number of halogens is 1. The van der Waals surface area contributed by atoms with Gasteiger partial charge in [0.1, 0.15) is 12.4 Å². The average Bonchev–Trinajstić information content (AvgIpc) is 3.23. The van der Waals surface area contributed by atoms with E-state index in [9.17, 15) is 0 Å². The van der Waals surface area contributed by atoms with Crippen molar-refractivity contribution in [3.8, 4) is 17.2 Å². The molecule has 1 fully saturated rings. The summed E-state index contributed by atoms with van der Waals surface area (Å²) in [7, 11) is 1.80. The Morgan fingerprint density at radius 3 is 2.78 bits per heavy atom. The Bertz CT molecular complexity index is 641. The number of hydrogen-bond donors (Lipinski definition) is 2. The summed E-state index contributed by atoms with van der Waals surface area (Å²) < 4.78 is 16.4. The summed E-state index contributed by atoms with van der Waals surface area (Å²) in [6.07, 6.45) is 0. The fraction of sp³-hybridized carbons (Fsp3) is 0.632. The van der Waals surface area contributed by atoms with Crippen LogP contribution < -0.4 is 24.8 Å². The fourth-order valence-electron chi connectivity index (χ4n) is 3.29. The summed E-state index contributed by atoms with van der Waals surface area (Å²) in [5.74, 6) is 3.69. The standard InChI is InChI=1S/C19H30N4O3.HI/c1-13(2)23-10-14(3)16(11-23)22-19(20-4)21-7-8-24-15-5-6-17-18(9-15)26-12-25-17;/h5-6,9,13-14,16H,7-8,10-12H2,1-4H3,(H2,20,21,22);1H. The summed E-state index contributed by atoms with van der Waals surface area (Å²) in [6, 6.07) is 6.61. The van der Waals surface area contributed by atoms with E-state index in [0.717, 1.165) is 36.3 Å². The Hall–Kier alpha value is -1.42. The van der Waals surface area contributed by atoms with E-state index in [4.69, 9.17) is 14.2 Å². The first-order valence-electron chi connectivity index (χ1n) is 9.30. The van der Waals surface area contributed by atoms with Gasteiger partial charge in [0.25, 0.3) is 0 Å². The van der Waals surface area contributed by atoms with Gasteiger partial charge >= 0.3 is 0 Å². The number of rotatable bonds is 6. The first-order valence-corrected chi connectivity index (χ1v) is 9.30. The van der Waals surface area contributed by atoms with Gasteiger partial charge in [-0.3, -0.25) is 9.89 Å². The van der Waals surface area contributed by atoms with E-state index in [1.54, 1.807) is 7.05 Å². The van der Waals surface area contributed by atoms with E-state index in [0.29, 0.717) is 31.2 Å². The van der Waals surface area contributed by atoms with Gasteiger partial charge in [-0.2, -0.15) is 0 Å². The highest BCUT2D eigenvalue weighted by atomic mass is 127. The van der Waals surface area contributed by atoms with Crippen LogP contribution in [0.2, 0.25) is 0 Å². The number of aliphatic imine (C=N–C) groups is 1. The van der Waals surface area contributed by atoms with Gasteiger partial charge in [0.2, 0.25) is 6.79 Å². The highest BCUT2D eigenvalue weighted by Gasteiger charge is 2.31. The molecule has 2 heterocycles. The molecule has 1 saturated heterocycles. The first kappa shape index (κ1) is 21.9. The third kappa shape index (κ3) is 5.78. The van der Waals surface area contributed by atoms with Gasteiger partial charge < -0.3 is 24.8 Å². The molecule has 0 amide bonds. The third-order valence-corrected chi connectivity index (χ3v) is 4.92. The predicted molar refractivity (Wildman–Crippen MR) is 118 cm³/mol. The van der Waals surface area contributed by atoms with Gasteiger partial charge in [-0.1, -0.05) is 6.92 Å². The van der Waals surface area contributed by atoms with Crippen LogP contribution in [0.1, 0.15) is 20.8 Å². The number of fused-ring (bicyclic) bond motifs is 1. The molecule has 1 aromatic carbocycles. The van der Waals surface area contributed by atoms with Crippen LogP contribution in [0.4, 0.5) is 0 Å². The molecule has 0 bridgehead atoms. The monoisotopic (exact) mass is 490 g/mol. The molecule has 27 heavy (non-hydrogen) atoms. The minimum atomic E-state index is 0. The lowest BCUT2D eigenvalue weighted by Crippen LogP contribution is -2.47. The zero-order chi connectivity index (χ0) is 18.5. The van der Waals surface area contributed by atoms with Gasteiger partial charge in [-0.15, -0.1) is 24.0 Å². The molecule has 1 aromatic rings. The summed E-state index contributed by atoms with van der Waals surface area (Å²) in [5.41, 5.74) is 0. The van der Waals surface area contributed by atoms with Gasteiger partial charge in [0, 0.05) is 38.3 Å². The van der Waals surface area contributed by atoms with Crippen LogP contribution in [0.25, 0.3) is 0 Å². The molecule has 152 valence electrons. The summed E-state index contributed by atoms with van der Waals surface area (Å²) in [6.45, 7) is 10.4.